The Balaban J connectivity index is 1.87. The number of hydrogen-bond donors (Lipinski definition) is 0. The van der Waals surface area contributed by atoms with Crippen molar-refractivity contribution in [1.82, 2.24) is 4.90 Å². The van der Waals surface area contributed by atoms with E-state index in [0.717, 1.165) is 42.9 Å². The van der Waals surface area contributed by atoms with Crippen LogP contribution in [0.15, 0.2) is 29.3 Å². The standard InChI is InChI=1S/C15H15N3O/c16-9-11-5-7-18(8-6-11)15-13-4-2-1-3-12(13)14(19)10-17-15/h1-4,11H,5-8,10H2. The zero-order chi connectivity index (χ0) is 13.2. The van der Waals surface area contributed by atoms with Gasteiger partial charge in [-0.1, -0.05) is 24.3 Å². The van der Waals surface area contributed by atoms with Gasteiger partial charge in [0.05, 0.1) is 6.07 Å². The SMILES string of the molecule is N#CC1CCN(C2=NCC(=O)c3ccccc32)CC1. The van der Waals surface area contributed by atoms with Crippen molar-refractivity contribution >= 4 is 11.6 Å². The molecule has 0 N–H and O–H groups in total. The highest BCUT2D eigenvalue weighted by molar-refractivity contribution is 6.14. The Morgan fingerprint density at radius 2 is 1.89 bits per heavy atom. The van der Waals surface area contributed by atoms with E-state index in [9.17, 15) is 4.79 Å². The van der Waals surface area contributed by atoms with E-state index in [-0.39, 0.29) is 18.2 Å². The van der Waals surface area contributed by atoms with Crippen molar-refractivity contribution in [3.8, 4) is 6.07 Å². The van der Waals surface area contributed by atoms with Gasteiger partial charge in [0, 0.05) is 30.1 Å². The van der Waals surface area contributed by atoms with Crippen LogP contribution in [0, 0.1) is 17.2 Å². The third kappa shape index (κ3) is 2.12. The monoisotopic (exact) mass is 253 g/mol. The molecule has 2 aliphatic rings. The molecule has 4 heteroatoms. The summed E-state index contributed by atoms with van der Waals surface area (Å²) in [6, 6.07) is 9.99. The van der Waals surface area contributed by atoms with E-state index in [1.165, 1.54) is 0 Å². The second-order valence-corrected chi connectivity index (χ2v) is 5.00. The summed E-state index contributed by atoms with van der Waals surface area (Å²) in [5, 5.41) is 8.94. The minimum absolute atomic E-state index is 0.0891. The third-order valence-electron chi connectivity index (χ3n) is 3.82. The largest absolute Gasteiger partial charge is 0.356 e. The first kappa shape index (κ1) is 11.9. The summed E-state index contributed by atoms with van der Waals surface area (Å²) in [6.45, 7) is 1.93. The summed E-state index contributed by atoms with van der Waals surface area (Å²) in [5.41, 5.74) is 1.71. The lowest BCUT2D eigenvalue weighted by Crippen LogP contribution is -2.41. The highest BCUT2D eigenvalue weighted by Crippen LogP contribution is 2.22. The Labute approximate surface area is 112 Å². The van der Waals surface area contributed by atoms with Crippen LogP contribution in [-0.4, -0.2) is 36.2 Å². The zero-order valence-corrected chi connectivity index (χ0v) is 10.7. The summed E-state index contributed by atoms with van der Waals surface area (Å²) < 4.78 is 0. The normalized spacial score (nSPS) is 19.6. The van der Waals surface area contributed by atoms with Crippen molar-refractivity contribution in [2.24, 2.45) is 10.9 Å². The Kier molecular flexibility index (Phi) is 3.04. The van der Waals surface area contributed by atoms with Crippen LogP contribution in [-0.2, 0) is 0 Å². The first-order valence-corrected chi connectivity index (χ1v) is 6.61. The number of amidine groups is 1. The Hall–Kier alpha value is -2.15. The molecule has 1 fully saturated rings. The van der Waals surface area contributed by atoms with Gasteiger partial charge in [0.2, 0.25) is 0 Å². The lowest BCUT2D eigenvalue weighted by atomic mass is 9.95. The van der Waals surface area contributed by atoms with Crippen LogP contribution in [0.3, 0.4) is 0 Å². The fraction of sp³-hybridized carbons (Fsp3) is 0.400. The summed E-state index contributed by atoms with van der Waals surface area (Å²) >= 11 is 0. The van der Waals surface area contributed by atoms with Crippen LogP contribution < -0.4 is 0 Å². The number of aliphatic imine (C=N–C) groups is 1. The van der Waals surface area contributed by atoms with Gasteiger partial charge in [-0.15, -0.1) is 0 Å². The van der Waals surface area contributed by atoms with Crippen LogP contribution in [0.25, 0.3) is 0 Å². The van der Waals surface area contributed by atoms with Crippen molar-refractivity contribution in [2.45, 2.75) is 12.8 Å². The van der Waals surface area contributed by atoms with Crippen molar-refractivity contribution < 1.29 is 4.79 Å². The number of carbonyl (C=O) groups is 1. The average molecular weight is 253 g/mol. The fourth-order valence-electron chi connectivity index (χ4n) is 2.73. The first-order valence-electron chi connectivity index (χ1n) is 6.61. The molecule has 2 aliphatic heterocycles. The number of nitrogens with zero attached hydrogens (tertiary/aromatic N) is 3. The topological polar surface area (TPSA) is 56.5 Å². The third-order valence-corrected chi connectivity index (χ3v) is 3.82. The molecule has 0 amide bonds. The number of benzene rings is 1. The van der Waals surface area contributed by atoms with Gasteiger partial charge in [-0.3, -0.25) is 9.79 Å². The van der Waals surface area contributed by atoms with Crippen LogP contribution in [0.2, 0.25) is 0 Å². The van der Waals surface area contributed by atoms with Crippen molar-refractivity contribution in [3.05, 3.63) is 35.4 Å². The lowest BCUT2D eigenvalue weighted by Gasteiger charge is -2.33. The van der Waals surface area contributed by atoms with Crippen LogP contribution in [0.4, 0.5) is 0 Å². The number of hydrogen-bond acceptors (Lipinski definition) is 4. The Bertz CT molecular complexity index is 577. The van der Waals surface area contributed by atoms with E-state index in [2.05, 4.69) is 16.0 Å². The van der Waals surface area contributed by atoms with Gasteiger partial charge in [-0.2, -0.15) is 5.26 Å². The second kappa shape index (κ2) is 4.85. The van der Waals surface area contributed by atoms with Gasteiger partial charge < -0.3 is 4.90 Å². The molecule has 19 heavy (non-hydrogen) atoms. The molecule has 4 nitrogen and oxygen atoms in total. The van der Waals surface area contributed by atoms with Crippen molar-refractivity contribution in [3.63, 3.8) is 0 Å². The van der Waals surface area contributed by atoms with Crippen LogP contribution >= 0.6 is 0 Å². The molecular weight excluding hydrogens is 238 g/mol. The summed E-state index contributed by atoms with van der Waals surface area (Å²) in [6.07, 6.45) is 1.76. The van der Waals surface area contributed by atoms with Crippen LogP contribution in [0.1, 0.15) is 28.8 Å². The quantitative estimate of drug-likeness (QED) is 0.709. The first-order chi connectivity index (χ1) is 9.29. The minimum Gasteiger partial charge on any atom is -0.356 e. The zero-order valence-electron chi connectivity index (χ0n) is 10.7. The number of likely N-dealkylation sites (tertiary alicyclic amines) is 1. The molecule has 0 unspecified atom stereocenters. The average Bonchev–Trinajstić information content (AvgIpc) is 2.48. The Morgan fingerprint density at radius 1 is 1.21 bits per heavy atom. The van der Waals surface area contributed by atoms with E-state index in [1.54, 1.807) is 0 Å². The highest BCUT2D eigenvalue weighted by Gasteiger charge is 2.27. The molecule has 0 saturated carbocycles. The van der Waals surface area contributed by atoms with E-state index in [0.29, 0.717) is 0 Å². The smallest absolute Gasteiger partial charge is 0.185 e. The number of Topliss-reactive ketones (excluding diaryl/α,β-unsaturated/α-hetero) is 1. The molecule has 96 valence electrons. The fourth-order valence-corrected chi connectivity index (χ4v) is 2.73. The van der Waals surface area contributed by atoms with E-state index < -0.39 is 0 Å². The molecule has 0 atom stereocenters. The van der Waals surface area contributed by atoms with Crippen molar-refractivity contribution in [2.75, 3.05) is 19.6 Å². The number of rotatable bonds is 0. The molecule has 2 heterocycles. The molecule has 0 aliphatic carbocycles. The lowest BCUT2D eigenvalue weighted by molar-refractivity contribution is 0.0999. The number of ketones is 1. The van der Waals surface area contributed by atoms with Gasteiger partial charge in [0.1, 0.15) is 12.4 Å². The predicted molar refractivity (Wildman–Crippen MR) is 72.1 cm³/mol. The van der Waals surface area contributed by atoms with Gasteiger partial charge in [-0.05, 0) is 12.8 Å². The molecule has 1 saturated heterocycles. The number of carbonyl (C=O) groups excluding carboxylic acids is 1. The molecule has 0 radical (unpaired) electrons. The highest BCUT2D eigenvalue weighted by atomic mass is 16.1. The summed E-state index contributed by atoms with van der Waals surface area (Å²) in [4.78, 5) is 18.5. The van der Waals surface area contributed by atoms with Gasteiger partial charge in [-0.25, -0.2) is 0 Å². The molecular formula is C15H15N3O. The maximum Gasteiger partial charge on any atom is 0.185 e. The van der Waals surface area contributed by atoms with Gasteiger partial charge in [0.25, 0.3) is 0 Å². The molecule has 0 spiro atoms. The molecule has 0 bridgehead atoms. The number of fused-ring (bicyclic) bond motifs is 1. The second-order valence-electron chi connectivity index (χ2n) is 5.00. The molecule has 0 aromatic heterocycles. The predicted octanol–water partition coefficient (Wildman–Crippen LogP) is 1.87. The number of nitriles is 1. The molecule has 1 aromatic carbocycles. The van der Waals surface area contributed by atoms with E-state index in [4.69, 9.17) is 5.26 Å². The molecule has 3 rings (SSSR count). The maximum atomic E-state index is 11.8. The Morgan fingerprint density at radius 3 is 2.58 bits per heavy atom. The molecule has 1 aromatic rings. The minimum atomic E-state index is 0.0891. The number of piperidine rings is 1. The van der Waals surface area contributed by atoms with E-state index in [1.807, 2.05) is 24.3 Å². The van der Waals surface area contributed by atoms with Gasteiger partial charge >= 0.3 is 0 Å². The van der Waals surface area contributed by atoms with Crippen molar-refractivity contribution in [1.29, 1.82) is 5.26 Å². The van der Waals surface area contributed by atoms with E-state index >= 15 is 0 Å². The maximum absolute atomic E-state index is 11.8. The summed E-state index contributed by atoms with van der Waals surface area (Å²) in [5.74, 6) is 1.18. The van der Waals surface area contributed by atoms with Gasteiger partial charge in [0.15, 0.2) is 5.78 Å². The van der Waals surface area contributed by atoms with Crippen LogP contribution in [0.5, 0.6) is 0 Å². The summed E-state index contributed by atoms with van der Waals surface area (Å²) in [7, 11) is 0.